The number of amides is 1. The summed E-state index contributed by atoms with van der Waals surface area (Å²) in [5.41, 5.74) is -0.612. The number of hydrogen-bond donors (Lipinski definition) is 2. The molecule has 0 fully saturated rings. The molecule has 0 aliphatic rings. The van der Waals surface area contributed by atoms with E-state index < -0.39 is 40.6 Å². The average molecular weight is 416 g/mol. The number of nitro benzene ring substituents is 1. The lowest BCUT2D eigenvalue weighted by Crippen LogP contribution is -2.29. The summed E-state index contributed by atoms with van der Waals surface area (Å²) in [6.07, 6.45) is -1.50. The van der Waals surface area contributed by atoms with Crippen molar-refractivity contribution in [3.05, 3.63) is 88.0 Å². The summed E-state index contributed by atoms with van der Waals surface area (Å²) in [4.78, 5) is 23.0. The van der Waals surface area contributed by atoms with Crippen LogP contribution in [0, 0.1) is 21.7 Å². The first-order valence-corrected chi connectivity index (χ1v) is 8.45. The zero-order valence-corrected chi connectivity index (χ0v) is 15.2. The van der Waals surface area contributed by atoms with E-state index in [9.17, 15) is 33.9 Å². The van der Waals surface area contributed by atoms with Crippen LogP contribution in [0.3, 0.4) is 0 Å². The van der Waals surface area contributed by atoms with Gasteiger partial charge in [-0.3, -0.25) is 15.0 Å². The smallest absolute Gasteiger partial charge is 0.412 e. The first-order valence-electron chi connectivity index (χ1n) is 8.45. The van der Waals surface area contributed by atoms with Gasteiger partial charge in [0.1, 0.15) is 5.75 Å². The maximum atomic E-state index is 13.8. The van der Waals surface area contributed by atoms with E-state index in [-0.39, 0.29) is 22.7 Å². The Hall–Kier alpha value is -4.21. The lowest BCUT2D eigenvalue weighted by Gasteiger charge is -2.20. The van der Waals surface area contributed by atoms with Crippen LogP contribution in [0.15, 0.2) is 60.7 Å². The number of nitro groups is 1. The molecule has 0 bridgehead atoms. The fourth-order valence-electron chi connectivity index (χ4n) is 2.69. The van der Waals surface area contributed by atoms with Gasteiger partial charge in [-0.15, -0.1) is 0 Å². The van der Waals surface area contributed by atoms with Gasteiger partial charge in [-0.25, -0.2) is 13.6 Å². The highest BCUT2D eigenvalue weighted by Gasteiger charge is 2.23. The molecular weight excluding hydrogens is 402 g/mol. The lowest BCUT2D eigenvalue weighted by atomic mass is 10.1. The molecule has 10 heteroatoms. The Morgan fingerprint density at radius 2 is 1.80 bits per heavy atom. The normalized spacial score (nSPS) is 10.5. The number of hydrogen-bond acceptors (Lipinski definition) is 5. The monoisotopic (exact) mass is 416 g/mol. The minimum Gasteiger partial charge on any atom is -0.505 e. The highest BCUT2D eigenvalue weighted by atomic mass is 19.1. The van der Waals surface area contributed by atoms with E-state index >= 15 is 0 Å². The summed E-state index contributed by atoms with van der Waals surface area (Å²) in [5.74, 6) is -2.44. The van der Waals surface area contributed by atoms with E-state index in [1.165, 1.54) is 36.4 Å². The molecule has 1 amide bonds. The minimum absolute atomic E-state index is 0.0444. The number of nitrogens with zero attached hydrogens (tertiary/aromatic N) is 2. The zero-order chi connectivity index (χ0) is 21.8. The number of anilines is 1. The van der Waals surface area contributed by atoms with Crippen LogP contribution < -0.4 is 9.64 Å². The summed E-state index contributed by atoms with van der Waals surface area (Å²) in [5, 5.41) is 30.2. The summed E-state index contributed by atoms with van der Waals surface area (Å²) >= 11 is 0. The summed E-state index contributed by atoms with van der Waals surface area (Å²) in [7, 11) is 0. The summed E-state index contributed by atoms with van der Waals surface area (Å²) in [6.45, 7) is -0.523. The number of phenolic OH excluding ortho intramolecular Hbond substituents is 1. The molecule has 154 valence electrons. The second-order valence-electron chi connectivity index (χ2n) is 6.08. The van der Waals surface area contributed by atoms with Crippen molar-refractivity contribution in [3.63, 3.8) is 0 Å². The second-order valence-corrected chi connectivity index (χ2v) is 6.08. The third-order valence-electron chi connectivity index (χ3n) is 4.11. The van der Waals surface area contributed by atoms with Crippen LogP contribution in [0.5, 0.6) is 17.2 Å². The van der Waals surface area contributed by atoms with Crippen molar-refractivity contribution in [2.45, 2.75) is 6.54 Å². The Kier molecular flexibility index (Phi) is 5.77. The van der Waals surface area contributed by atoms with Gasteiger partial charge >= 0.3 is 6.09 Å². The molecule has 0 heterocycles. The number of benzene rings is 3. The maximum Gasteiger partial charge on any atom is 0.412 e. The van der Waals surface area contributed by atoms with Gasteiger partial charge in [-0.05, 0) is 36.4 Å². The Balaban J connectivity index is 1.99. The first kappa shape index (κ1) is 20.5. The Labute approximate surface area is 168 Å². The van der Waals surface area contributed by atoms with E-state index in [0.717, 1.165) is 24.3 Å². The number of rotatable bonds is 6. The van der Waals surface area contributed by atoms with Crippen LogP contribution in [0.25, 0.3) is 0 Å². The maximum absolute atomic E-state index is 13.8. The Bertz CT molecular complexity index is 1120. The molecule has 0 saturated carbocycles. The SMILES string of the molecule is O=C(O)N(Cc1cc(Oc2ccccc2F)ccc1[N+](=O)[O-])c1ccc(O)c(F)c1. The Morgan fingerprint density at radius 3 is 2.43 bits per heavy atom. The highest BCUT2D eigenvalue weighted by Crippen LogP contribution is 2.31. The predicted molar refractivity (Wildman–Crippen MR) is 102 cm³/mol. The molecule has 0 spiro atoms. The van der Waals surface area contributed by atoms with Crippen LogP contribution in [0.1, 0.15) is 5.56 Å². The van der Waals surface area contributed by atoms with Gasteiger partial charge in [0.05, 0.1) is 22.7 Å². The molecule has 0 aliphatic heterocycles. The fourth-order valence-corrected chi connectivity index (χ4v) is 2.69. The molecule has 0 saturated heterocycles. The molecular formula is C20H14F2N2O6. The largest absolute Gasteiger partial charge is 0.505 e. The van der Waals surface area contributed by atoms with Crippen molar-refractivity contribution in [2.24, 2.45) is 0 Å². The van der Waals surface area contributed by atoms with Crippen molar-refractivity contribution in [1.29, 1.82) is 0 Å². The van der Waals surface area contributed by atoms with Crippen molar-refractivity contribution >= 4 is 17.5 Å². The van der Waals surface area contributed by atoms with Crippen molar-refractivity contribution in [1.82, 2.24) is 0 Å². The van der Waals surface area contributed by atoms with E-state index in [2.05, 4.69) is 0 Å². The van der Waals surface area contributed by atoms with E-state index in [4.69, 9.17) is 4.74 Å². The van der Waals surface area contributed by atoms with Crippen LogP contribution in [-0.2, 0) is 6.54 Å². The fraction of sp³-hybridized carbons (Fsp3) is 0.0500. The van der Waals surface area contributed by atoms with Crippen molar-refractivity contribution in [3.8, 4) is 17.2 Å². The van der Waals surface area contributed by atoms with E-state index in [1.54, 1.807) is 0 Å². The molecule has 2 N–H and O–H groups in total. The number of ether oxygens (including phenoxy) is 1. The van der Waals surface area contributed by atoms with Gasteiger partial charge in [0, 0.05) is 12.1 Å². The number of aromatic hydroxyl groups is 1. The van der Waals surface area contributed by atoms with Crippen LogP contribution in [0.2, 0.25) is 0 Å². The molecule has 0 aromatic heterocycles. The quantitative estimate of drug-likeness (QED) is 0.429. The third-order valence-corrected chi connectivity index (χ3v) is 4.11. The second kappa shape index (κ2) is 8.43. The molecule has 0 radical (unpaired) electrons. The molecule has 3 rings (SSSR count). The molecule has 8 nitrogen and oxygen atoms in total. The highest BCUT2D eigenvalue weighted by molar-refractivity contribution is 5.86. The van der Waals surface area contributed by atoms with Crippen molar-refractivity contribution < 1.29 is 33.4 Å². The third kappa shape index (κ3) is 4.43. The molecule has 0 atom stereocenters. The number of phenols is 1. The van der Waals surface area contributed by atoms with Crippen molar-refractivity contribution in [2.75, 3.05) is 4.90 Å². The number of carbonyl (C=O) groups is 1. The minimum atomic E-state index is -1.50. The first-order chi connectivity index (χ1) is 14.3. The zero-order valence-electron chi connectivity index (χ0n) is 15.2. The molecule has 0 aliphatic carbocycles. The summed E-state index contributed by atoms with van der Waals surface area (Å²) < 4.78 is 32.9. The van der Waals surface area contributed by atoms with E-state index in [1.807, 2.05) is 0 Å². The number of halogens is 2. The van der Waals surface area contributed by atoms with Gasteiger partial charge in [0.2, 0.25) is 0 Å². The molecule has 0 unspecified atom stereocenters. The van der Waals surface area contributed by atoms with E-state index in [0.29, 0.717) is 4.90 Å². The lowest BCUT2D eigenvalue weighted by molar-refractivity contribution is -0.385. The summed E-state index contributed by atoms with van der Waals surface area (Å²) in [6, 6.07) is 12.0. The van der Waals surface area contributed by atoms with Crippen LogP contribution >= 0.6 is 0 Å². The van der Waals surface area contributed by atoms with Gasteiger partial charge in [0.25, 0.3) is 5.69 Å². The molecule has 3 aromatic rings. The van der Waals surface area contributed by atoms with Crippen LogP contribution in [0.4, 0.5) is 25.0 Å². The average Bonchev–Trinajstić information content (AvgIpc) is 2.70. The van der Waals surface area contributed by atoms with Crippen LogP contribution in [-0.4, -0.2) is 21.2 Å². The molecule has 30 heavy (non-hydrogen) atoms. The van der Waals surface area contributed by atoms with Gasteiger partial charge in [-0.2, -0.15) is 0 Å². The Morgan fingerprint density at radius 1 is 1.07 bits per heavy atom. The number of para-hydroxylation sites is 1. The number of carboxylic acid groups (broad SMARTS) is 1. The topological polar surface area (TPSA) is 113 Å². The van der Waals surface area contributed by atoms with Gasteiger partial charge in [-0.1, -0.05) is 12.1 Å². The van der Waals surface area contributed by atoms with Gasteiger partial charge in [0.15, 0.2) is 23.1 Å². The molecule has 3 aromatic carbocycles. The standard InChI is InChI=1S/C20H14F2N2O6/c21-15-3-1-2-4-19(15)30-14-6-7-17(24(28)29)12(9-14)11-23(20(26)27)13-5-8-18(25)16(22)10-13/h1-10,25H,11H2,(H,26,27). The predicted octanol–water partition coefficient (Wildman–Crippen LogP) is 5.06. The van der Waals surface area contributed by atoms with Gasteiger partial charge < -0.3 is 14.9 Å².